The molecule has 1 amide bonds. The lowest BCUT2D eigenvalue weighted by atomic mass is 10.1. The number of nitrogens with one attached hydrogen (secondary N) is 1. The fraction of sp³-hybridized carbons (Fsp3) is 0.350. The highest BCUT2D eigenvalue weighted by Crippen LogP contribution is 2.30. The quantitative estimate of drug-likeness (QED) is 0.612. The van der Waals surface area contributed by atoms with Crippen LogP contribution < -0.4 is 5.32 Å². The Morgan fingerprint density at radius 1 is 1.23 bits per heavy atom. The number of alkyl halides is 3. The second kappa shape index (κ2) is 8.32. The standard InChI is InChI=1S/C20H22F3N7O/c1-11(2)17(20(21,22)23)27-15-8-13(16-18(28-15)30(5)10-25-16)26-14-7-6-12(9-24-14)19(31)29(3)4/h6-11H,1-5H3,(H,24,26,28). The van der Waals surface area contributed by atoms with E-state index in [9.17, 15) is 18.0 Å². The molecule has 11 heteroatoms. The lowest BCUT2D eigenvalue weighted by Gasteiger charge is -2.14. The van der Waals surface area contributed by atoms with Crippen molar-refractivity contribution in [2.45, 2.75) is 20.0 Å². The van der Waals surface area contributed by atoms with Gasteiger partial charge >= 0.3 is 6.18 Å². The maximum absolute atomic E-state index is 13.4. The minimum absolute atomic E-state index is 0.0981. The van der Waals surface area contributed by atoms with Crippen LogP contribution in [0.15, 0.2) is 35.7 Å². The van der Waals surface area contributed by atoms with Crippen molar-refractivity contribution in [2.75, 3.05) is 19.4 Å². The second-order valence-corrected chi connectivity index (χ2v) is 7.46. The monoisotopic (exact) mass is 433 g/mol. The van der Waals surface area contributed by atoms with Gasteiger partial charge in [0.1, 0.15) is 17.0 Å². The van der Waals surface area contributed by atoms with Gasteiger partial charge in [-0.2, -0.15) is 13.2 Å². The molecule has 8 nitrogen and oxygen atoms in total. The summed E-state index contributed by atoms with van der Waals surface area (Å²) in [5.74, 6) is -0.730. The van der Waals surface area contributed by atoms with Crippen molar-refractivity contribution in [3.05, 3.63) is 36.3 Å². The van der Waals surface area contributed by atoms with Crippen molar-refractivity contribution in [1.29, 1.82) is 0 Å². The molecule has 0 aliphatic heterocycles. The number of amides is 1. The van der Waals surface area contributed by atoms with Crippen molar-refractivity contribution in [3.63, 3.8) is 0 Å². The molecule has 3 aromatic rings. The molecular formula is C20H22F3N7O. The molecule has 3 rings (SSSR count). The number of aromatic nitrogens is 4. The van der Waals surface area contributed by atoms with Crippen LogP contribution in [0.1, 0.15) is 24.2 Å². The number of aryl methyl sites for hydroxylation is 1. The predicted octanol–water partition coefficient (Wildman–Crippen LogP) is 4.10. The Balaban J connectivity index is 2.03. The van der Waals surface area contributed by atoms with Crippen LogP contribution in [0.2, 0.25) is 0 Å². The summed E-state index contributed by atoms with van der Waals surface area (Å²) in [5, 5.41) is 3.03. The van der Waals surface area contributed by atoms with Gasteiger partial charge in [-0.3, -0.25) is 4.79 Å². The molecule has 0 spiro atoms. The van der Waals surface area contributed by atoms with Crippen LogP contribution in [-0.2, 0) is 7.05 Å². The fourth-order valence-electron chi connectivity index (χ4n) is 2.87. The molecule has 0 aromatic carbocycles. The number of carbonyl (C=O) groups excluding carboxylic acids is 1. The summed E-state index contributed by atoms with van der Waals surface area (Å²) in [6.07, 6.45) is -1.64. The van der Waals surface area contributed by atoms with Gasteiger partial charge in [-0.15, -0.1) is 0 Å². The molecular weight excluding hydrogens is 411 g/mol. The fourth-order valence-corrected chi connectivity index (χ4v) is 2.87. The number of halogens is 3. The van der Waals surface area contributed by atoms with Crippen molar-refractivity contribution in [3.8, 4) is 0 Å². The Morgan fingerprint density at radius 3 is 2.48 bits per heavy atom. The highest BCUT2D eigenvalue weighted by Gasteiger charge is 2.37. The smallest absolute Gasteiger partial charge is 0.345 e. The molecule has 0 fully saturated rings. The molecule has 3 heterocycles. The van der Waals surface area contributed by atoms with E-state index in [2.05, 4.69) is 25.3 Å². The Labute approximate surface area is 176 Å². The van der Waals surface area contributed by atoms with E-state index in [1.165, 1.54) is 37.3 Å². The van der Waals surface area contributed by atoms with E-state index in [4.69, 9.17) is 0 Å². The molecule has 3 aromatic heterocycles. The van der Waals surface area contributed by atoms with Gasteiger partial charge in [0.05, 0.1) is 17.6 Å². The highest BCUT2D eigenvalue weighted by molar-refractivity contribution is 5.95. The number of nitrogens with zero attached hydrogens (tertiary/aromatic N) is 6. The summed E-state index contributed by atoms with van der Waals surface area (Å²) >= 11 is 0. The number of anilines is 2. The molecule has 0 saturated heterocycles. The van der Waals surface area contributed by atoms with Crippen LogP contribution >= 0.6 is 0 Å². The van der Waals surface area contributed by atoms with E-state index in [1.807, 2.05) is 0 Å². The Hall–Kier alpha value is -3.50. The van der Waals surface area contributed by atoms with E-state index in [1.54, 1.807) is 37.8 Å². The molecule has 164 valence electrons. The van der Waals surface area contributed by atoms with Crippen molar-refractivity contribution >= 4 is 40.1 Å². The number of rotatable bonds is 5. The maximum atomic E-state index is 13.4. The van der Waals surface area contributed by atoms with Crippen LogP contribution in [0.4, 0.5) is 30.5 Å². The van der Waals surface area contributed by atoms with Crippen molar-refractivity contribution < 1.29 is 18.0 Å². The minimum atomic E-state index is -4.57. The van der Waals surface area contributed by atoms with Gasteiger partial charge in [-0.05, 0) is 12.1 Å². The normalized spacial score (nSPS) is 12.5. The van der Waals surface area contributed by atoms with E-state index < -0.39 is 17.8 Å². The van der Waals surface area contributed by atoms with E-state index in [0.29, 0.717) is 28.2 Å². The van der Waals surface area contributed by atoms with Gasteiger partial charge in [0, 0.05) is 39.3 Å². The van der Waals surface area contributed by atoms with Crippen LogP contribution in [0, 0.1) is 5.92 Å². The molecule has 0 saturated carbocycles. The summed E-state index contributed by atoms with van der Waals surface area (Å²) in [6.45, 7) is 2.85. The first-order valence-corrected chi connectivity index (χ1v) is 9.40. The zero-order valence-corrected chi connectivity index (χ0v) is 17.7. The number of hydrogen-bond donors (Lipinski definition) is 1. The number of fused-ring (bicyclic) bond motifs is 1. The molecule has 0 unspecified atom stereocenters. The number of hydrogen-bond acceptors (Lipinski definition) is 6. The minimum Gasteiger partial charge on any atom is -0.345 e. The zero-order valence-electron chi connectivity index (χ0n) is 17.7. The SMILES string of the molecule is CC(C)C(=Nc1cc(Nc2ccc(C(=O)N(C)C)cn2)c2ncn(C)c2n1)C(F)(F)F. The summed E-state index contributed by atoms with van der Waals surface area (Å²) < 4.78 is 41.7. The Bertz CT molecular complexity index is 1130. The van der Waals surface area contributed by atoms with Crippen LogP contribution in [0.5, 0.6) is 0 Å². The third-order valence-electron chi connectivity index (χ3n) is 4.41. The van der Waals surface area contributed by atoms with Gasteiger partial charge in [0.25, 0.3) is 5.91 Å². The summed E-state index contributed by atoms with van der Waals surface area (Å²) in [6, 6.07) is 4.60. The zero-order chi connectivity index (χ0) is 22.9. The van der Waals surface area contributed by atoms with Gasteiger partial charge < -0.3 is 14.8 Å². The molecule has 0 atom stereocenters. The molecule has 0 bridgehead atoms. The van der Waals surface area contributed by atoms with Crippen molar-refractivity contribution in [2.24, 2.45) is 18.0 Å². The summed E-state index contributed by atoms with van der Waals surface area (Å²) in [4.78, 5) is 30.0. The Kier molecular flexibility index (Phi) is 5.96. The molecule has 0 radical (unpaired) electrons. The lowest BCUT2D eigenvalue weighted by molar-refractivity contribution is -0.0622. The number of pyridine rings is 2. The second-order valence-electron chi connectivity index (χ2n) is 7.46. The van der Waals surface area contributed by atoms with Crippen LogP contribution in [0.3, 0.4) is 0 Å². The largest absolute Gasteiger partial charge is 0.429 e. The Morgan fingerprint density at radius 2 is 1.94 bits per heavy atom. The number of imidazole rings is 1. The number of carbonyl (C=O) groups is 1. The highest BCUT2D eigenvalue weighted by atomic mass is 19.4. The van der Waals surface area contributed by atoms with E-state index in [-0.39, 0.29) is 11.7 Å². The first-order chi connectivity index (χ1) is 14.5. The van der Waals surface area contributed by atoms with Gasteiger partial charge in [-0.1, -0.05) is 13.8 Å². The average molecular weight is 433 g/mol. The van der Waals surface area contributed by atoms with E-state index >= 15 is 0 Å². The van der Waals surface area contributed by atoms with Gasteiger partial charge in [0.15, 0.2) is 11.5 Å². The molecule has 0 aliphatic rings. The predicted molar refractivity (Wildman–Crippen MR) is 112 cm³/mol. The third-order valence-corrected chi connectivity index (χ3v) is 4.41. The maximum Gasteiger partial charge on any atom is 0.429 e. The third kappa shape index (κ3) is 4.81. The van der Waals surface area contributed by atoms with E-state index in [0.717, 1.165) is 0 Å². The van der Waals surface area contributed by atoms with Crippen LogP contribution in [-0.4, -0.2) is 56.3 Å². The topological polar surface area (TPSA) is 88.3 Å². The van der Waals surface area contributed by atoms with Gasteiger partial charge in [-0.25, -0.2) is 19.9 Å². The summed E-state index contributed by atoms with van der Waals surface area (Å²) in [5.41, 5.74) is 0.708. The molecule has 0 aliphatic carbocycles. The van der Waals surface area contributed by atoms with Gasteiger partial charge in [0.2, 0.25) is 0 Å². The van der Waals surface area contributed by atoms with Crippen molar-refractivity contribution in [1.82, 2.24) is 24.4 Å². The first-order valence-electron chi connectivity index (χ1n) is 9.40. The number of aliphatic imine (C=N–C) groups is 1. The summed E-state index contributed by atoms with van der Waals surface area (Å²) in [7, 11) is 4.96. The molecule has 1 N–H and O–H groups in total. The van der Waals surface area contributed by atoms with Crippen LogP contribution in [0.25, 0.3) is 11.2 Å². The first kappa shape index (κ1) is 22.2. The lowest BCUT2D eigenvalue weighted by Crippen LogP contribution is -2.27. The molecule has 31 heavy (non-hydrogen) atoms. The average Bonchev–Trinajstić information content (AvgIpc) is 3.06.